The zero-order valence-corrected chi connectivity index (χ0v) is 24.0. The monoisotopic (exact) mass is 555 g/mol. The first-order chi connectivity index (χ1) is 18.2. The molecule has 0 spiro atoms. The van der Waals surface area contributed by atoms with E-state index in [0.29, 0.717) is 27.1 Å². The van der Waals surface area contributed by atoms with E-state index in [1.54, 1.807) is 31.5 Å². The number of fused-ring (bicyclic) bond motifs is 1. The van der Waals surface area contributed by atoms with Gasteiger partial charge in [0.25, 0.3) is 5.91 Å². The number of rotatable bonds is 9. The van der Waals surface area contributed by atoms with Crippen LogP contribution < -0.4 is 10.6 Å². The van der Waals surface area contributed by atoms with Crippen molar-refractivity contribution in [3.8, 4) is 0 Å². The van der Waals surface area contributed by atoms with Gasteiger partial charge in [-0.15, -0.1) is 21.5 Å². The van der Waals surface area contributed by atoms with Crippen LogP contribution in [0.5, 0.6) is 0 Å². The molecule has 202 valence electrons. The highest BCUT2D eigenvalue weighted by Gasteiger charge is 2.28. The molecular formula is C27H33N5O4S2. The third kappa shape index (κ3) is 6.10. The van der Waals surface area contributed by atoms with Crippen LogP contribution in [0.1, 0.15) is 74.8 Å². The van der Waals surface area contributed by atoms with Gasteiger partial charge >= 0.3 is 5.97 Å². The van der Waals surface area contributed by atoms with Gasteiger partial charge < -0.3 is 19.9 Å². The number of aromatic nitrogens is 3. The van der Waals surface area contributed by atoms with Crippen LogP contribution in [0.3, 0.4) is 0 Å². The second-order valence-electron chi connectivity index (χ2n) is 9.32. The minimum absolute atomic E-state index is 0.186. The molecular weight excluding hydrogens is 522 g/mol. The van der Waals surface area contributed by atoms with Crippen LogP contribution in [0.4, 0.5) is 5.00 Å². The first-order valence-electron chi connectivity index (χ1n) is 12.7. The predicted octanol–water partition coefficient (Wildman–Crippen LogP) is 4.60. The van der Waals surface area contributed by atoms with Gasteiger partial charge in [-0.1, -0.05) is 17.8 Å². The first-order valence-corrected chi connectivity index (χ1v) is 14.4. The number of benzene rings is 1. The van der Waals surface area contributed by atoms with Crippen molar-refractivity contribution in [2.45, 2.75) is 70.3 Å². The lowest BCUT2D eigenvalue weighted by atomic mass is 9.95. The molecule has 0 saturated heterocycles. The molecule has 0 radical (unpaired) electrons. The zero-order valence-electron chi connectivity index (χ0n) is 22.3. The summed E-state index contributed by atoms with van der Waals surface area (Å²) in [5.41, 5.74) is 4.28. The normalized spacial score (nSPS) is 13.5. The Bertz CT molecular complexity index is 1360. The number of carbonyl (C=O) groups is 3. The van der Waals surface area contributed by atoms with Gasteiger partial charge in [0.15, 0.2) is 11.0 Å². The summed E-state index contributed by atoms with van der Waals surface area (Å²) in [4.78, 5) is 39.5. The maximum absolute atomic E-state index is 13.1. The molecule has 1 aliphatic rings. The van der Waals surface area contributed by atoms with Gasteiger partial charge in [0.2, 0.25) is 5.91 Å². The summed E-state index contributed by atoms with van der Waals surface area (Å²) in [6.07, 6.45) is 3.83. The molecule has 0 bridgehead atoms. The van der Waals surface area contributed by atoms with Gasteiger partial charge in [0, 0.05) is 17.5 Å². The van der Waals surface area contributed by atoms with E-state index in [4.69, 9.17) is 4.74 Å². The Labute approximate surface area is 230 Å². The quantitative estimate of drug-likeness (QED) is 0.293. The van der Waals surface area contributed by atoms with Gasteiger partial charge in [-0.2, -0.15) is 0 Å². The molecule has 2 heterocycles. The topological polar surface area (TPSA) is 115 Å². The number of aryl methyl sites for hydroxylation is 3. The van der Waals surface area contributed by atoms with Crippen molar-refractivity contribution in [1.82, 2.24) is 20.1 Å². The van der Waals surface area contributed by atoms with Crippen molar-refractivity contribution >= 4 is 45.9 Å². The number of esters is 1. The Hall–Kier alpha value is -3.18. The van der Waals surface area contributed by atoms with Gasteiger partial charge in [-0.25, -0.2) is 4.79 Å². The summed E-state index contributed by atoms with van der Waals surface area (Å²) in [5.74, 6) is -0.225. The van der Waals surface area contributed by atoms with Crippen LogP contribution in [0, 0.1) is 13.8 Å². The first kappa shape index (κ1) is 27.8. The number of hydrogen-bond donors (Lipinski definition) is 2. The number of amides is 2. The molecule has 0 aliphatic heterocycles. The molecule has 1 aliphatic carbocycles. The van der Waals surface area contributed by atoms with Crippen molar-refractivity contribution in [2.75, 3.05) is 11.9 Å². The van der Waals surface area contributed by atoms with Gasteiger partial charge in [0.1, 0.15) is 5.00 Å². The Morgan fingerprint density at radius 1 is 1.16 bits per heavy atom. The molecule has 2 N–H and O–H groups in total. The lowest BCUT2D eigenvalue weighted by molar-refractivity contribution is -0.115. The zero-order chi connectivity index (χ0) is 27.4. The maximum Gasteiger partial charge on any atom is 0.341 e. The van der Waals surface area contributed by atoms with Crippen LogP contribution in [-0.2, 0) is 36.0 Å². The van der Waals surface area contributed by atoms with Gasteiger partial charge in [-0.05, 0) is 82.2 Å². The summed E-state index contributed by atoms with van der Waals surface area (Å²) < 4.78 is 7.05. The highest BCUT2D eigenvalue weighted by Crippen LogP contribution is 2.39. The van der Waals surface area contributed by atoms with Crippen LogP contribution in [-0.4, -0.2) is 44.4 Å². The molecule has 2 aromatic heterocycles. The van der Waals surface area contributed by atoms with Crippen molar-refractivity contribution in [3.63, 3.8) is 0 Å². The minimum atomic E-state index is -0.495. The van der Waals surface area contributed by atoms with Crippen LogP contribution in [0.2, 0.25) is 0 Å². The highest BCUT2D eigenvalue weighted by atomic mass is 32.2. The number of thioether (sulfide) groups is 1. The molecule has 38 heavy (non-hydrogen) atoms. The Morgan fingerprint density at radius 2 is 1.92 bits per heavy atom. The molecule has 11 heteroatoms. The molecule has 4 rings (SSSR count). The largest absolute Gasteiger partial charge is 0.462 e. The number of nitrogens with zero attached hydrogens (tertiary/aromatic N) is 3. The molecule has 1 aromatic carbocycles. The van der Waals surface area contributed by atoms with E-state index in [9.17, 15) is 14.4 Å². The average molecular weight is 556 g/mol. The smallest absolute Gasteiger partial charge is 0.341 e. The second kappa shape index (κ2) is 12.1. The Balaban J connectivity index is 1.40. The lowest BCUT2D eigenvalue weighted by Gasteiger charge is -2.13. The fourth-order valence-corrected chi connectivity index (χ4v) is 6.36. The van der Waals surface area contributed by atoms with Gasteiger partial charge in [0.05, 0.1) is 24.0 Å². The minimum Gasteiger partial charge on any atom is -0.462 e. The molecule has 1 atom stereocenters. The fraction of sp³-hybridized carbons (Fsp3) is 0.444. The number of thiophene rings is 1. The molecule has 0 saturated carbocycles. The third-order valence-corrected chi connectivity index (χ3v) is 8.98. The van der Waals surface area contributed by atoms with Crippen molar-refractivity contribution in [2.24, 2.45) is 7.05 Å². The summed E-state index contributed by atoms with van der Waals surface area (Å²) in [7, 11) is 1.80. The third-order valence-electron chi connectivity index (χ3n) is 6.64. The van der Waals surface area contributed by atoms with Crippen LogP contribution in [0.25, 0.3) is 0 Å². The highest BCUT2D eigenvalue weighted by molar-refractivity contribution is 8.00. The number of anilines is 1. The summed E-state index contributed by atoms with van der Waals surface area (Å²) in [6, 6.07) is 5.59. The van der Waals surface area contributed by atoms with Crippen molar-refractivity contribution in [3.05, 3.63) is 56.7 Å². The van der Waals surface area contributed by atoms with E-state index in [1.165, 1.54) is 23.1 Å². The maximum atomic E-state index is 13.1. The molecule has 0 fully saturated rings. The van der Waals surface area contributed by atoms with E-state index in [2.05, 4.69) is 20.8 Å². The van der Waals surface area contributed by atoms with Crippen LogP contribution >= 0.6 is 23.1 Å². The predicted molar refractivity (Wildman–Crippen MR) is 149 cm³/mol. The molecule has 3 aromatic rings. The van der Waals surface area contributed by atoms with Crippen molar-refractivity contribution < 1.29 is 19.1 Å². The molecule has 2 amide bonds. The number of carbonyl (C=O) groups excluding carboxylic acids is 3. The SMILES string of the molecule is CCOC(=O)c1c(NC(=O)[C@@H](C)Sc2nnc(CNC(=O)c3ccc(C)c(C)c3)n2C)sc2c1CCCC2. The van der Waals surface area contributed by atoms with E-state index in [1.807, 2.05) is 26.0 Å². The number of ether oxygens (including phenoxy) is 1. The van der Waals surface area contributed by atoms with E-state index in [0.717, 1.165) is 47.3 Å². The second-order valence-corrected chi connectivity index (χ2v) is 11.7. The summed E-state index contributed by atoms with van der Waals surface area (Å²) in [5, 5.41) is 14.9. The van der Waals surface area contributed by atoms with Crippen LogP contribution in [0.15, 0.2) is 23.4 Å². The van der Waals surface area contributed by atoms with E-state index >= 15 is 0 Å². The Kier molecular flexibility index (Phi) is 8.88. The molecule has 9 nitrogen and oxygen atoms in total. The fourth-order valence-electron chi connectivity index (χ4n) is 4.24. The van der Waals surface area contributed by atoms with E-state index in [-0.39, 0.29) is 30.9 Å². The lowest BCUT2D eigenvalue weighted by Crippen LogP contribution is -2.25. The standard InChI is InChI=1S/C27H33N5O4S2/c1-6-36-26(35)22-19-9-7-8-10-20(19)38-25(22)29-23(33)17(4)37-27-31-30-21(32(27)5)14-28-24(34)18-12-11-15(2)16(3)13-18/h11-13,17H,6-10,14H2,1-5H3,(H,28,34)(H,29,33)/t17-/m1/s1. The number of nitrogens with one attached hydrogen (secondary N) is 2. The van der Waals surface area contributed by atoms with Gasteiger partial charge in [-0.3, -0.25) is 9.59 Å². The van der Waals surface area contributed by atoms with E-state index < -0.39 is 5.25 Å². The summed E-state index contributed by atoms with van der Waals surface area (Å²) >= 11 is 2.73. The number of hydrogen-bond acceptors (Lipinski definition) is 8. The van der Waals surface area contributed by atoms with Crippen molar-refractivity contribution in [1.29, 1.82) is 0 Å². The average Bonchev–Trinajstić information content (AvgIpc) is 3.43. The molecule has 0 unspecified atom stereocenters. The Morgan fingerprint density at radius 3 is 2.66 bits per heavy atom. The summed E-state index contributed by atoms with van der Waals surface area (Å²) in [6.45, 7) is 8.03.